The smallest absolute Gasteiger partial charge is 0.252 e. The zero-order valence-corrected chi connectivity index (χ0v) is 19.5. The van der Waals surface area contributed by atoms with Crippen molar-refractivity contribution in [2.45, 2.75) is 69.2 Å². The minimum Gasteiger partial charge on any atom is -0.352 e. The number of nitrogens with one attached hydrogen (secondary N) is 1. The molecular formula is C22H34ClN3O3S. The monoisotopic (exact) mass is 455 g/mol. The number of halogens is 1. The van der Waals surface area contributed by atoms with Crippen molar-refractivity contribution in [3.63, 3.8) is 0 Å². The molecule has 0 bridgehead atoms. The standard InChI is InChI=1S/C22H34ClN3O3S/c1-2-18-9-4-7-13-25(18)14-8-12-24-22(27)20-17-19(10-11-21(20)23)30(28,29)26-15-5-3-6-16-26/h10-11,17-18H,2-9,12-16H2,1H3,(H,24,27)/t18-/m1/s1. The van der Waals surface area contributed by atoms with Crippen LogP contribution in [0.3, 0.4) is 0 Å². The number of nitrogens with zero attached hydrogens (tertiary/aromatic N) is 2. The molecule has 2 aliphatic heterocycles. The highest BCUT2D eigenvalue weighted by molar-refractivity contribution is 7.89. The molecule has 0 spiro atoms. The summed E-state index contributed by atoms with van der Waals surface area (Å²) >= 11 is 6.22. The van der Waals surface area contributed by atoms with E-state index < -0.39 is 10.0 Å². The van der Waals surface area contributed by atoms with E-state index in [1.807, 2.05) is 0 Å². The summed E-state index contributed by atoms with van der Waals surface area (Å²) < 4.78 is 27.3. The predicted octanol–water partition coefficient (Wildman–Crippen LogP) is 3.90. The molecule has 0 radical (unpaired) electrons. The molecule has 168 valence electrons. The first kappa shape index (κ1) is 23.5. The molecule has 1 N–H and O–H groups in total. The van der Waals surface area contributed by atoms with Crippen LogP contribution in [-0.2, 0) is 10.0 Å². The third-order valence-electron chi connectivity index (χ3n) is 6.26. The van der Waals surface area contributed by atoms with Crippen molar-refractivity contribution in [3.05, 3.63) is 28.8 Å². The van der Waals surface area contributed by atoms with Gasteiger partial charge < -0.3 is 10.2 Å². The van der Waals surface area contributed by atoms with Crippen LogP contribution in [0.5, 0.6) is 0 Å². The first-order valence-electron chi connectivity index (χ1n) is 11.3. The lowest BCUT2D eigenvalue weighted by molar-refractivity contribution is 0.0947. The van der Waals surface area contributed by atoms with E-state index in [4.69, 9.17) is 11.6 Å². The maximum Gasteiger partial charge on any atom is 0.252 e. The number of piperidine rings is 2. The second kappa shape index (κ2) is 10.9. The largest absolute Gasteiger partial charge is 0.352 e. The summed E-state index contributed by atoms with van der Waals surface area (Å²) in [7, 11) is -3.60. The Hall–Kier alpha value is -1.15. The fourth-order valence-corrected chi connectivity index (χ4v) is 6.24. The lowest BCUT2D eigenvalue weighted by Gasteiger charge is -2.35. The van der Waals surface area contributed by atoms with Crippen molar-refractivity contribution < 1.29 is 13.2 Å². The lowest BCUT2D eigenvalue weighted by atomic mass is 10.00. The van der Waals surface area contributed by atoms with E-state index in [2.05, 4.69) is 17.1 Å². The fourth-order valence-electron chi connectivity index (χ4n) is 4.49. The molecule has 2 aliphatic rings. The minimum absolute atomic E-state index is 0.137. The van der Waals surface area contributed by atoms with Crippen molar-refractivity contribution in [2.24, 2.45) is 0 Å². The Morgan fingerprint density at radius 1 is 1.13 bits per heavy atom. The van der Waals surface area contributed by atoms with Crippen molar-refractivity contribution in [1.29, 1.82) is 0 Å². The second-order valence-electron chi connectivity index (χ2n) is 8.31. The van der Waals surface area contributed by atoms with Gasteiger partial charge in [0.25, 0.3) is 5.91 Å². The van der Waals surface area contributed by atoms with Crippen molar-refractivity contribution >= 4 is 27.5 Å². The maximum atomic E-state index is 12.9. The van der Waals surface area contributed by atoms with E-state index in [9.17, 15) is 13.2 Å². The Balaban J connectivity index is 1.58. The molecule has 1 atom stereocenters. The van der Waals surface area contributed by atoms with Crippen molar-refractivity contribution in [3.8, 4) is 0 Å². The fraction of sp³-hybridized carbons (Fsp3) is 0.682. The normalized spacial score (nSPS) is 21.5. The molecule has 8 heteroatoms. The third kappa shape index (κ3) is 5.75. The van der Waals surface area contributed by atoms with Crippen LogP contribution in [0.2, 0.25) is 5.02 Å². The van der Waals surface area contributed by atoms with Crippen LogP contribution in [0.15, 0.2) is 23.1 Å². The summed E-state index contributed by atoms with van der Waals surface area (Å²) in [6, 6.07) is 5.07. The average molecular weight is 456 g/mol. The highest BCUT2D eigenvalue weighted by Crippen LogP contribution is 2.25. The zero-order chi connectivity index (χ0) is 21.6. The second-order valence-corrected chi connectivity index (χ2v) is 10.7. The molecule has 6 nitrogen and oxygen atoms in total. The van der Waals surface area contributed by atoms with Gasteiger partial charge in [0.05, 0.1) is 15.5 Å². The molecule has 1 aromatic carbocycles. The molecule has 2 heterocycles. The first-order chi connectivity index (χ1) is 14.4. The molecular weight excluding hydrogens is 422 g/mol. The minimum atomic E-state index is -3.60. The summed E-state index contributed by atoms with van der Waals surface area (Å²) in [5.74, 6) is -0.318. The molecule has 0 saturated carbocycles. The van der Waals surface area contributed by atoms with Gasteiger partial charge in [0.15, 0.2) is 0 Å². The van der Waals surface area contributed by atoms with Gasteiger partial charge in [0.1, 0.15) is 0 Å². The summed E-state index contributed by atoms with van der Waals surface area (Å²) in [6.07, 6.45) is 8.64. The van der Waals surface area contributed by atoms with E-state index in [1.165, 1.54) is 48.2 Å². The molecule has 1 amide bonds. The van der Waals surface area contributed by atoms with Gasteiger partial charge in [-0.1, -0.05) is 31.4 Å². The maximum absolute atomic E-state index is 12.9. The van der Waals surface area contributed by atoms with Crippen LogP contribution in [0, 0.1) is 0 Å². The van der Waals surface area contributed by atoms with Gasteiger partial charge in [-0.05, 0) is 63.3 Å². The Labute approximate surface area is 186 Å². The number of likely N-dealkylation sites (tertiary alicyclic amines) is 1. The summed E-state index contributed by atoms with van der Waals surface area (Å²) in [5, 5.41) is 3.18. The predicted molar refractivity (Wildman–Crippen MR) is 121 cm³/mol. The third-order valence-corrected chi connectivity index (χ3v) is 8.49. The molecule has 2 fully saturated rings. The number of sulfonamides is 1. The van der Waals surface area contributed by atoms with E-state index in [1.54, 1.807) is 0 Å². The molecule has 3 rings (SSSR count). The SMILES string of the molecule is CC[C@@H]1CCCCN1CCCNC(=O)c1cc(S(=O)(=O)N2CCCCC2)ccc1Cl. The number of carbonyl (C=O) groups excluding carboxylic acids is 1. The van der Waals surface area contributed by atoms with E-state index in [-0.39, 0.29) is 21.4 Å². The Morgan fingerprint density at radius 2 is 1.87 bits per heavy atom. The van der Waals surface area contributed by atoms with Crippen LogP contribution in [0.1, 0.15) is 68.6 Å². The number of hydrogen-bond donors (Lipinski definition) is 1. The molecule has 0 aliphatic carbocycles. The van der Waals surface area contributed by atoms with Gasteiger partial charge in [0.2, 0.25) is 10.0 Å². The van der Waals surface area contributed by atoms with E-state index >= 15 is 0 Å². The van der Waals surface area contributed by atoms with Crippen LogP contribution in [-0.4, -0.2) is 62.3 Å². The number of benzene rings is 1. The van der Waals surface area contributed by atoms with Crippen LogP contribution < -0.4 is 5.32 Å². The number of amides is 1. The van der Waals surface area contributed by atoms with Crippen LogP contribution in [0.25, 0.3) is 0 Å². The summed E-state index contributed by atoms with van der Waals surface area (Å²) in [5.41, 5.74) is 0.221. The van der Waals surface area contributed by atoms with Crippen molar-refractivity contribution in [2.75, 3.05) is 32.7 Å². The quantitative estimate of drug-likeness (QED) is 0.603. The molecule has 0 aromatic heterocycles. The van der Waals surface area contributed by atoms with Crippen LogP contribution in [0.4, 0.5) is 0 Å². The van der Waals surface area contributed by atoms with Crippen LogP contribution >= 0.6 is 11.6 Å². The van der Waals surface area contributed by atoms with Gasteiger partial charge in [-0.3, -0.25) is 4.79 Å². The van der Waals surface area contributed by atoms with E-state index in [0.29, 0.717) is 25.7 Å². The highest BCUT2D eigenvalue weighted by atomic mass is 35.5. The summed E-state index contributed by atoms with van der Waals surface area (Å²) in [6.45, 7) is 5.94. The lowest BCUT2D eigenvalue weighted by Crippen LogP contribution is -2.40. The molecule has 1 aromatic rings. The highest BCUT2D eigenvalue weighted by Gasteiger charge is 2.27. The molecule has 0 unspecified atom stereocenters. The van der Waals surface area contributed by atoms with Gasteiger partial charge in [-0.25, -0.2) is 8.42 Å². The number of hydrogen-bond acceptors (Lipinski definition) is 4. The Kier molecular flexibility index (Phi) is 8.57. The molecule has 30 heavy (non-hydrogen) atoms. The van der Waals surface area contributed by atoms with Gasteiger partial charge in [0, 0.05) is 32.2 Å². The first-order valence-corrected chi connectivity index (χ1v) is 13.1. The number of carbonyl (C=O) groups is 1. The Bertz CT molecular complexity index is 825. The van der Waals surface area contributed by atoms with Gasteiger partial charge in [-0.15, -0.1) is 0 Å². The zero-order valence-electron chi connectivity index (χ0n) is 17.9. The van der Waals surface area contributed by atoms with Gasteiger partial charge in [-0.2, -0.15) is 4.31 Å². The van der Waals surface area contributed by atoms with Crippen molar-refractivity contribution in [1.82, 2.24) is 14.5 Å². The summed E-state index contributed by atoms with van der Waals surface area (Å²) in [4.78, 5) is 15.3. The topological polar surface area (TPSA) is 69.7 Å². The van der Waals surface area contributed by atoms with Gasteiger partial charge >= 0.3 is 0 Å². The average Bonchev–Trinajstić information content (AvgIpc) is 2.77. The number of rotatable bonds is 8. The van der Waals surface area contributed by atoms with E-state index in [0.717, 1.165) is 38.8 Å². The molecule has 2 saturated heterocycles. The Morgan fingerprint density at radius 3 is 2.60 bits per heavy atom.